The fourth-order valence-electron chi connectivity index (χ4n) is 4.82. The van der Waals surface area contributed by atoms with Crippen molar-refractivity contribution in [2.75, 3.05) is 13.1 Å². The second kappa shape index (κ2) is 8.81. The lowest BCUT2D eigenvalue weighted by molar-refractivity contribution is 0.0907. The second-order valence-electron chi connectivity index (χ2n) is 9.56. The first-order chi connectivity index (χ1) is 14.9. The number of carbonyl (C=O) groups excluding carboxylic acids is 2. The lowest BCUT2D eigenvalue weighted by atomic mass is 9.75. The summed E-state index contributed by atoms with van der Waals surface area (Å²) in [6.45, 7) is 8.28. The zero-order valence-corrected chi connectivity index (χ0v) is 18.9. The van der Waals surface area contributed by atoms with Gasteiger partial charge < -0.3 is 10.2 Å². The Labute approximate surface area is 184 Å². The molecule has 1 fully saturated rings. The van der Waals surface area contributed by atoms with Gasteiger partial charge in [-0.05, 0) is 43.2 Å². The van der Waals surface area contributed by atoms with Crippen molar-refractivity contribution in [3.63, 3.8) is 0 Å². The number of unbranched alkanes of at least 4 members (excludes halogenated alkanes) is 1. The molecule has 1 N–H and O–H groups in total. The van der Waals surface area contributed by atoms with Gasteiger partial charge in [0.25, 0.3) is 0 Å². The van der Waals surface area contributed by atoms with Crippen LogP contribution in [0.4, 0.5) is 4.79 Å². The molecule has 1 saturated heterocycles. The van der Waals surface area contributed by atoms with E-state index in [0.717, 1.165) is 54.7 Å². The lowest BCUT2D eigenvalue weighted by Gasteiger charge is -2.30. The summed E-state index contributed by atoms with van der Waals surface area (Å²) in [6.07, 6.45) is 6.85. The number of aromatic nitrogens is 3. The number of amides is 2. The van der Waals surface area contributed by atoms with Crippen molar-refractivity contribution in [3.05, 3.63) is 47.0 Å². The van der Waals surface area contributed by atoms with E-state index in [4.69, 9.17) is 5.10 Å². The zero-order valence-electron chi connectivity index (χ0n) is 18.9. The third kappa shape index (κ3) is 4.50. The van der Waals surface area contributed by atoms with Gasteiger partial charge in [0.2, 0.25) is 0 Å². The number of rotatable bonds is 6. The lowest BCUT2D eigenvalue weighted by Crippen LogP contribution is -2.40. The molecule has 7 nitrogen and oxygen atoms in total. The minimum absolute atomic E-state index is 0.0486. The van der Waals surface area contributed by atoms with Crippen LogP contribution in [0.25, 0.3) is 0 Å². The molecule has 0 aromatic carbocycles. The van der Waals surface area contributed by atoms with E-state index in [1.165, 1.54) is 0 Å². The van der Waals surface area contributed by atoms with E-state index in [0.29, 0.717) is 26.1 Å². The number of ketones is 1. The molecule has 7 heteroatoms. The van der Waals surface area contributed by atoms with Crippen LogP contribution < -0.4 is 5.32 Å². The normalized spacial score (nSPS) is 20.0. The Morgan fingerprint density at radius 3 is 2.87 bits per heavy atom. The average Bonchev–Trinajstić information content (AvgIpc) is 3.33. The molecule has 0 unspecified atom stereocenters. The molecule has 4 rings (SSSR count). The summed E-state index contributed by atoms with van der Waals surface area (Å²) in [4.78, 5) is 32.4. The van der Waals surface area contributed by atoms with E-state index in [1.54, 1.807) is 6.20 Å². The molecule has 0 radical (unpaired) electrons. The Morgan fingerprint density at radius 1 is 1.29 bits per heavy atom. The van der Waals surface area contributed by atoms with E-state index in [1.807, 2.05) is 27.8 Å². The molecule has 3 heterocycles. The molecule has 166 valence electrons. The third-order valence-corrected chi connectivity index (χ3v) is 6.32. The van der Waals surface area contributed by atoms with Gasteiger partial charge in [-0.2, -0.15) is 5.10 Å². The Morgan fingerprint density at radius 2 is 2.13 bits per heavy atom. The smallest absolute Gasteiger partial charge is 0.317 e. The minimum Gasteiger partial charge on any atom is -0.338 e. The average molecular weight is 424 g/mol. The zero-order chi connectivity index (χ0) is 22.0. The SMILES string of the molecule is CCCCNC(=O)N1CCC[C@@H]1c1nn(Cc2ccccn2)c2c1C(=O)CC(C)(C)C2. The van der Waals surface area contributed by atoms with Gasteiger partial charge in [-0.25, -0.2) is 4.79 Å². The highest BCUT2D eigenvalue weighted by Gasteiger charge is 2.41. The number of hydrogen-bond acceptors (Lipinski definition) is 4. The van der Waals surface area contributed by atoms with Crippen molar-refractivity contribution in [3.8, 4) is 0 Å². The van der Waals surface area contributed by atoms with Crippen LogP contribution in [0.15, 0.2) is 24.4 Å². The maximum absolute atomic E-state index is 13.2. The van der Waals surface area contributed by atoms with E-state index in [2.05, 4.69) is 31.1 Å². The van der Waals surface area contributed by atoms with Crippen LogP contribution in [0.1, 0.15) is 86.4 Å². The molecule has 0 bridgehead atoms. The summed E-state index contributed by atoms with van der Waals surface area (Å²) < 4.78 is 1.96. The first kappa shape index (κ1) is 21.5. The van der Waals surface area contributed by atoms with Gasteiger partial charge >= 0.3 is 6.03 Å². The van der Waals surface area contributed by atoms with Crippen molar-refractivity contribution >= 4 is 11.8 Å². The topological polar surface area (TPSA) is 80.1 Å². The number of fused-ring (bicyclic) bond motifs is 1. The molecule has 2 aliphatic rings. The number of nitrogens with one attached hydrogen (secondary N) is 1. The van der Waals surface area contributed by atoms with E-state index >= 15 is 0 Å². The molecule has 31 heavy (non-hydrogen) atoms. The quantitative estimate of drug-likeness (QED) is 0.709. The summed E-state index contributed by atoms with van der Waals surface area (Å²) in [6, 6.07) is 5.64. The number of Topliss-reactive ketones (excluding diaryl/α,β-unsaturated/α-hetero) is 1. The summed E-state index contributed by atoms with van der Waals surface area (Å²) >= 11 is 0. The molecule has 1 atom stereocenters. The van der Waals surface area contributed by atoms with Gasteiger partial charge in [-0.15, -0.1) is 0 Å². The van der Waals surface area contributed by atoms with Gasteiger partial charge in [-0.3, -0.25) is 14.5 Å². The molecule has 1 aliphatic heterocycles. The first-order valence-electron chi connectivity index (χ1n) is 11.5. The molecular weight excluding hydrogens is 390 g/mol. The molecule has 0 spiro atoms. The van der Waals surface area contributed by atoms with Gasteiger partial charge in [0.1, 0.15) is 0 Å². The van der Waals surface area contributed by atoms with Crippen molar-refractivity contribution in [1.29, 1.82) is 0 Å². The predicted octanol–water partition coefficient (Wildman–Crippen LogP) is 4.13. The predicted molar refractivity (Wildman–Crippen MR) is 119 cm³/mol. The van der Waals surface area contributed by atoms with Gasteiger partial charge in [-0.1, -0.05) is 33.3 Å². The summed E-state index contributed by atoms with van der Waals surface area (Å²) in [5.74, 6) is 0.145. The number of pyridine rings is 1. The first-order valence-corrected chi connectivity index (χ1v) is 11.5. The highest BCUT2D eigenvalue weighted by molar-refractivity contribution is 6.00. The van der Waals surface area contributed by atoms with E-state index in [9.17, 15) is 9.59 Å². The third-order valence-electron chi connectivity index (χ3n) is 6.32. The fraction of sp³-hybridized carbons (Fsp3) is 0.583. The molecule has 2 aromatic rings. The van der Waals surface area contributed by atoms with Crippen LogP contribution in [0.2, 0.25) is 0 Å². The Bertz CT molecular complexity index is 950. The Hall–Kier alpha value is -2.70. The molecular formula is C24H33N5O2. The van der Waals surface area contributed by atoms with Crippen LogP contribution in [-0.2, 0) is 13.0 Å². The summed E-state index contributed by atoms with van der Waals surface area (Å²) in [5.41, 5.74) is 3.31. The monoisotopic (exact) mass is 423 g/mol. The largest absolute Gasteiger partial charge is 0.338 e. The minimum atomic E-state index is -0.148. The van der Waals surface area contributed by atoms with Crippen LogP contribution in [0.5, 0.6) is 0 Å². The maximum atomic E-state index is 13.2. The number of urea groups is 1. The summed E-state index contributed by atoms with van der Waals surface area (Å²) in [7, 11) is 0. The molecule has 2 amide bonds. The number of nitrogens with zero attached hydrogens (tertiary/aromatic N) is 4. The summed E-state index contributed by atoms with van der Waals surface area (Å²) in [5, 5.41) is 7.98. The van der Waals surface area contributed by atoms with Gasteiger partial charge in [0.15, 0.2) is 5.78 Å². The van der Waals surface area contributed by atoms with Crippen molar-refractivity contribution in [2.24, 2.45) is 5.41 Å². The van der Waals surface area contributed by atoms with Crippen molar-refractivity contribution < 1.29 is 9.59 Å². The highest BCUT2D eigenvalue weighted by atomic mass is 16.2. The standard InChI is InChI=1S/C24H33N5O2/c1-4-5-11-26-23(31)28-13-8-10-18(28)22-21-19(14-24(2,3)15-20(21)30)29(27-22)16-17-9-6-7-12-25-17/h6-7,9,12,18H,4-5,8,10-11,13-16H2,1-3H3,(H,26,31)/t18-/m1/s1. The van der Waals surface area contributed by atoms with Gasteiger partial charge in [0, 0.05) is 25.7 Å². The number of likely N-dealkylation sites (tertiary alicyclic amines) is 1. The van der Waals surface area contributed by atoms with Crippen molar-refractivity contribution in [1.82, 2.24) is 25.0 Å². The van der Waals surface area contributed by atoms with Crippen LogP contribution >= 0.6 is 0 Å². The van der Waals surface area contributed by atoms with Crippen LogP contribution in [-0.4, -0.2) is 44.6 Å². The van der Waals surface area contributed by atoms with Crippen LogP contribution in [0, 0.1) is 5.41 Å². The number of carbonyl (C=O) groups is 2. The van der Waals surface area contributed by atoms with E-state index < -0.39 is 0 Å². The number of hydrogen-bond donors (Lipinski definition) is 1. The fourth-order valence-corrected chi connectivity index (χ4v) is 4.82. The van der Waals surface area contributed by atoms with Crippen LogP contribution in [0.3, 0.4) is 0 Å². The molecule has 0 saturated carbocycles. The Kier molecular flexibility index (Phi) is 6.12. The maximum Gasteiger partial charge on any atom is 0.317 e. The molecule has 1 aliphatic carbocycles. The van der Waals surface area contributed by atoms with Crippen molar-refractivity contribution in [2.45, 2.75) is 71.9 Å². The highest BCUT2D eigenvalue weighted by Crippen LogP contribution is 2.41. The van der Waals surface area contributed by atoms with E-state index in [-0.39, 0.29) is 23.3 Å². The van der Waals surface area contributed by atoms with Gasteiger partial charge in [0.05, 0.1) is 35.2 Å². The molecule has 2 aromatic heterocycles. The second-order valence-corrected chi connectivity index (χ2v) is 9.56. The Balaban J connectivity index is 1.69.